The molecule has 2 bridgehead atoms. The number of fused-ring (bicyclic) bond motifs is 2. The van der Waals surface area contributed by atoms with Gasteiger partial charge in [-0.2, -0.15) is 0 Å². The van der Waals surface area contributed by atoms with Crippen molar-refractivity contribution < 1.29 is 9.84 Å². The van der Waals surface area contributed by atoms with Crippen molar-refractivity contribution in [3.05, 3.63) is 0 Å². The molecule has 2 aliphatic rings. The van der Waals surface area contributed by atoms with Crippen LogP contribution in [0.1, 0.15) is 19.3 Å². The molecule has 58 valence electrons. The van der Waals surface area contributed by atoms with Gasteiger partial charge in [-0.15, -0.1) is 0 Å². The molecule has 0 radical (unpaired) electrons. The van der Waals surface area contributed by atoms with E-state index in [9.17, 15) is 5.11 Å². The number of nitrogens with two attached hydrogens (primary N) is 1. The minimum absolute atomic E-state index is 0.0359. The van der Waals surface area contributed by atoms with Gasteiger partial charge in [0.15, 0.2) is 0 Å². The van der Waals surface area contributed by atoms with E-state index in [2.05, 4.69) is 0 Å². The van der Waals surface area contributed by atoms with E-state index in [4.69, 9.17) is 10.5 Å². The summed E-state index contributed by atoms with van der Waals surface area (Å²) in [5.41, 5.74) is 5.67. The summed E-state index contributed by atoms with van der Waals surface area (Å²) in [5, 5.41) is 9.41. The van der Waals surface area contributed by atoms with E-state index in [0.29, 0.717) is 6.10 Å². The third kappa shape index (κ3) is 0.856. The number of rotatable bonds is 0. The topological polar surface area (TPSA) is 55.5 Å². The molecule has 2 fully saturated rings. The largest absolute Gasteiger partial charge is 0.389 e. The molecule has 10 heavy (non-hydrogen) atoms. The van der Waals surface area contributed by atoms with E-state index in [1.807, 2.05) is 0 Å². The molecular formula is C7H13NO2. The minimum Gasteiger partial charge on any atom is -0.389 e. The molecule has 0 aromatic rings. The fourth-order valence-electron chi connectivity index (χ4n) is 1.88. The first-order valence-corrected chi connectivity index (χ1v) is 3.86. The lowest BCUT2D eigenvalue weighted by molar-refractivity contribution is -0.0849. The molecule has 0 saturated carbocycles. The SMILES string of the molecule is N[C@@H]1C[C@H]2CC[C@H](O2)[C@H]1O. The lowest BCUT2D eigenvalue weighted by Crippen LogP contribution is -2.48. The second-order valence-electron chi connectivity index (χ2n) is 3.26. The zero-order chi connectivity index (χ0) is 7.14. The maximum atomic E-state index is 9.41. The van der Waals surface area contributed by atoms with Crippen LogP contribution in [0, 0.1) is 0 Å². The van der Waals surface area contributed by atoms with Gasteiger partial charge in [-0.3, -0.25) is 0 Å². The van der Waals surface area contributed by atoms with Gasteiger partial charge in [-0.1, -0.05) is 0 Å². The van der Waals surface area contributed by atoms with Crippen molar-refractivity contribution in [1.29, 1.82) is 0 Å². The van der Waals surface area contributed by atoms with Gasteiger partial charge in [0.05, 0.1) is 18.3 Å². The van der Waals surface area contributed by atoms with Gasteiger partial charge in [0, 0.05) is 6.04 Å². The van der Waals surface area contributed by atoms with Gasteiger partial charge in [0.2, 0.25) is 0 Å². The van der Waals surface area contributed by atoms with Crippen LogP contribution in [0.4, 0.5) is 0 Å². The maximum Gasteiger partial charge on any atom is 0.0953 e. The van der Waals surface area contributed by atoms with E-state index >= 15 is 0 Å². The fraction of sp³-hybridized carbons (Fsp3) is 1.00. The van der Waals surface area contributed by atoms with Crippen molar-refractivity contribution in [3.8, 4) is 0 Å². The third-order valence-electron chi connectivity index (χ3n) is 2.50. The summed E-state index contributed by atoms with van der Waals surface area (Å²) in [6, 6.07) is -0.0498. The number of hydrogen-bond donors (Lipinski definition) is 2. The average molecular weight is 143 g/mol. The van der Waals surface area contributed by atoms with Gasteiger partial charge in [0.1, 0.15) is 0 Å². The van der Waals surface area contributed by atoms with Crippen LogP contribution in [0.3, 0.4) is 0 Å². The van der Waals surface area contributed by atoms with E-state index in [0.717, 1.165) is 19.3 Å². The van der Waals surface area contributed by atoms with Crippen molar-refractivity contribution in [3.63, 3.8) is 0 Å². The van der Waals surface area contributed by atoms with Crippen LogP contribution in [0.5, 0.6) is 0 Å². The number of ether oxygens (including phenoxy) is 1. The summed E-state index contributed by atoms with van der Waals surface area (Å²) in [6.07, 6.45) is 2.85. The number of aliphatic hydroxyl groups excluding tert-OH is 1. The molecule has 3 N–H and O–H groups in total. The molecule has 3 nitrogen and oxygen atoms in total. The molecule has 0 amide bonds. The first-order chi connectivity index (χ1) is 4.77. The Kier molecular flexibility index (Phi) is 1.44. The lowest BCUT2D eigenvalue weighted by atomic mass is 10.0. The molecule has 0 aliphatic carbocycles. The fourth-order valence-corrected chi connectivity index (χ4v) is 1.88. The maximum absolute atomic E-state index is 9.41. The lowest BCUT2D eigenvalue weighted by Gasteiger charge is -2.30. The van der Waals surface area contributed by atoms with Crippen LogP contribution >= 0.6 is 0 Å². The summed E-state index contributed by atoms with van der Waals surface area (Å²) in [5.74, 6) is 0. The van der Waals surface area contributed by atoms with Gasteiger partial charge in [0.25, 0.3) is 0 Å². The summed E-state index contributed by atoms with van der Waals surface area (Å²) >= 11 is 0. The highest BCUT2D eigenvalue weighted by Gasteiger charge is 2.40. The van der Waals surface area contributed by atoms with Crippen molar-refractivity contribution in [2.45, 2.75) is 43.6 Å². The van der Waals surface area contributed by atoms with Crippen LogP contribution in [0.2, 0.25) is 0 Å². The smallest absolute Gasteiger partial charge is 0.0953 e. The summed E-state index contributed by atoms with van der Waals surface area (Å²) < 4.78 is 5.45. The minimum atomic E-state index is -0.418. The summed E-state index contributed by atoms with van der Waals surface area (Å²) in [4.78, 5) is 0. The van der Waals surface area contributed by atoms with Gasteiger partial charge >= 0.3 is 0 Å². The van der Waals surface area contributed by atoms with Crippen molar-refractivity contribution in [2.24, 2.45) is 5.73 Å². The summed E-state index contributed by atoms with van der Waals surface area (Å²) in [7, 11) is 0. The second kappa shape index (κ2) is 2.19. The zero-order valence-corrected chi connectivity index (χ0v) is 5.86. The monoisotopic (exact) mass is 143 g/mol. The van der Waals surface area contributed by atoms with E-state index in [-0.39, 0.29) is 12.1 Å². The Morgan fingerprint density at radius 1 is 1.40 bits per heavy atom. The van der Waals surface area contributed by atoms with Crippen molar-refractivity contribution >= 4 is 0 Å². The summed E-state index contributed by atoms with van der Waals surface area (Å²) in [6.45, 7) is 0. The highest BCUT2D eigenvalue weighted by atomic mass is 16.5. The van der Waals surface area contributed by atoms with Crippen LogP contribution in [-0.2, 0) is 4.74 Å². The van der Waals surface area contributed by atoms with Gasteiger partial charge in [-0.05, 0) is 19.3 Å². The highest BCUT2D eigenvalue weighted by Crippen LogP contribution is 2.31. The molecule has 4 atom stereocenters. The molecule has 0 aromatic heterocycles. The Hall–Kier alpha value is -0.120. The van der Waals surface area contributed by atoms with Gasteiger partial charge < -0.3 is 15.6 Å². The van der Waals surface area contributed by atoms with E-state index in [1.54, 1.807) is 0 Å². The van der Waals surface area contributed by atoms with Gasteiger partial charge in [-0.25, -0.2) is 0 Å². The predicted molar refractivity (Wildman–Crippen MR) is 36.5 cm³/mol. The Bertz CT molecular complexity index is 140. The number of hydrogen-bond acceptors (Lipinski definition) is 3. The van der Waals surface area contributed by atoms with Crippen molar-refractivity contribution in [1.82, 2.24) is 0 Å². The Balaban J connectivity index is 2.09. The van der Waals surface area contributed by atoms with Crippen LogP contribution in [0.25, 0.3) is 0 Å². The number of aliphatic hydroxyl groups is 1. The normalized spacial score (nSPS) is 53.4. The molecular weight excluding hydrogens is 130 g/mol. The highest BCUT2D eigenvalue weighted by molar-refractivity contribution is 4.92. The molecule has 2 heterocycles. The first-order valence-electron chi connectivity index (χ1n) is 3.86. The van der Waals surface area contributed by atoms with Crippen LogP contribution in [0.15, 0.2) is 0 Å². The van der Waals surface area contributed by atoms with Crippen LogP contribution < -0.4 is 5.73 Å². The molecule has 2 rings (SSSR count). The van der Waals surface area contributed by atoms with Crippen molar-refractivity contribution in [2.75, 3.05) is 0 Å². The molecule has 0 unspecified atom stereocenters. The Morgan fingerprint density at radius 3 is 3.00 bits per heavy atom. The van der Waals surface area contributed by atoms with Crippen LogP contribution in [-0.4, -0.2) is 29.5 Å². The molecule has 3 heteroatoms. The zero-order valence-electron chi connectivity index (χ0n) is 5.86. The first kappa shape index (κ1) is 6.58. The Labute approximate surface area is 60.2 Å². The second-order valence-corrected chi connectivity index (χ2v) is 3.26. The predicted octanol–water partition coefficient (Wildman–Crippen LogP) is -0.374. The quantitative estimate of drug-likeness (QED) is 0.486. The van der Waals surface area contributed by atoms with E-state index in [1.165, 1.54) is 0 Å². The molecule has 0 spiro atoms. The molecule has 2 saturated heterocycles. The Morgan fingerprint density at radius 2 is 2.20 bits per heavy atom. The average Bonchev–Trinajstić information content (AvgIpc) is 2.29. The van der Waals surface area contributed by atoms with E-state index < -0.39 is 6.10 Å². The molecule has 0 aromatic carbocycles. The molecule has 2 aliphatic heterocycles. The standard InChI is InChI=1S/C7H13NO2/c8-5-3-4-1-2-6(10-4)7(5)9/h4-7,9H,1-3,8H2/t4-,5-,6+,7+/m1/s1. The third-order valence-corrected chi connectivity index (χ3v) is 2.50.